The van der Waals surface area contributed by atoms with Crippen molar-refractivity contribution in [1.29, 1.82) is 0 Å². The quantitative estimate of drug-likeness (QED) is 0.621. The van der Waals surface area contributed by atoms with Gasteiger partial charge in [-0.1, -0.05) is 47.7 Å². The summed E-state index contributed by atoms with van der Waals surface area (Å²) in [5.41, 5.74) is 3.31. The van der Waals surface area contributed by atoms with E-state index in [0.717, 1.165) is 49.6 Å². The minimum Gasteiger partial charge on any atom is -0.495 e. The van der Waals surface area contributed by atoms with E-state index < -0.39 is 0 Å². The molecule has 1 aliphatic heterocycles. The molecular formula is C25H31N5O. The number of anilines is 1. The fourth-order valence-electron chi connectivity index (χ4n) is 5.13. The summed E-state index contributed by atoms with van der Waals surface area (Å²) in [5.74, 6) is 0.967. The van der Waals surface area contributed by atoms with E-state index in [-0.39, 0.29) is 0 Å². The van der Waals surface area contributed by atoms with Crippen molar-refractivity contribution < 1.29 is 4.74 Å². The number of piperazine rings is 1. The van der Waals surface area contributed by atoms with Crippen LogP contribution in [0, 0.1) is 0 Å². The lowest BCUT2D eigenvalue weighted by Gasteiger charge is -2.43. The van der Waals surface area contributed by atoms with E-state index in [4.69, 9.17) is 4.74 Å². The number of methoxy groups -OCH3 is 1. The van der Waals surface area contributed by atoms with Crippen LogP contribution in [-0.4, -0.2) is 59.2 Å². The van der Waals surface area contributed by atoms with Crippen molar-refractivity contribution in [3.63, 3.8) is 0 Å². The molecule has 162 valence electrons. The van der Waals surface area contributed by atoms with Crippen molar-refractivity contribution in [3.8, 4) is 17.0 Å². The van der Waals surface area contributed by atoms with Gasteiger partial charge in [-0.3, -0.25) is 4.90 Å². The van der Waals surface area contributed by atoms with Gasteiger partial charge in [0, 0.05) is 37.8 Å². The Bertz CT molecular complexity index is 980. The predicted molar refractivity (Wildman–Crippen MR) is 124 cm³/mol. The SMILES string of the molecule is COc1ccccc1N1CCN([C@H]2CCC[C@H](n3cc(-c4ccccc4)nn3)C2)CC1. The van der Waals surface area contributed by atoms with Gasteiger partial charge in [-0.2, -0.15) is 0 Å². The zero-order chi connectivity index (χ0) is 21.0. The molecule has 0 bridgehead atoms. The normalized spacial score (nSPS) is 22.4. The molecule has 5 rings (SSSR count). The highest BCUT2D eigenvalue weighted by Gasteiger charge is 2.31. The van der Waals surface area contributed by atoms with E-state index in [9.17, 15) is 0 Å². The van der Waals surface area contributed by atoms with Crippen molar-refractivity contribution in [2.75, 3.05) is 38.2 Å². The summed E-state index contributed by atoms with van der Waals surface area (Å²) in [7, 11) is 1.75. The molecule has 6 heteroatoms. The molecule has 1 aliphatic carbocycles. The second-order valence-corrected chi connectivity index (χ2v) is 8.62. The average Bonchev–Trinajstić information content (AvgIpc) is 3.35. The van der Waals surface area contributed by atoms with Gasteiger partial charge in [0.1, 0.15) is 11.4 Å². The molecule has 2 fully saturated rings. The van der Waals surface area contributed by atoms with Crippen molar-refractivity contribution in [3.05, 3.63) is 60.8 Å². The van der Waals surface area contributed by atoms with Gasteiger partial charge in [0.15, 0.2) is 0 Å². The van der Waals surface area contributed by atoms with Crippen LogP contribution in [-0.2, 0) is 0 Å². The van der Waals surface area contributed by atoms with E-state index in [1.54, 1.807) is 7.11 Å². The van der Waals surface area contributed by atoms with Crippen molar-refractivity contribution in [1.82, 2.24) is 19.9 Å². The third-order valence-corrected chi connectivity index (χ3v) is 6.83. The first-order valence-electron chi connectivity index (χ1n) is 11.4. The van der Waals surface area contributed by atoms with Crippen molar-refractivity contribution >= 4 is 5.69 Å². The smallest absolute Gasteiger partial charge is 0.142 e. The number of aromatic nitrogens is 3. The topological polar surface area (TPSA) is 46.4 Å². The summed E-state index contributed by atoms with van der Waals surface area (Å²) in [6.45, 7) is 4.29. The first-order valence-corrected chi connectivity index (χ1v) is 11.4. The third-order valence-electron chi connectivity index (χ3n) is 6.83. The van der Waals surface area contributed by atoms with Crippen LogP contribution in [0.1, 0.15) is 31.7 Å². The van der Waals surface area contributed by atoms with Crippen LogP contribution >= 0.6 is 0 Å². The summed E-state index contributed by atoms with van der Waals surface area (Å²) in [6, 6.07) is 19.7. The average molecular weight is 418 g/mol. The maximum Gasteiger partial charge on any atom is 0.142 e. The van der Waals surface area contributed by atoms with E-state index in [1.165, 1.54) is 24.9 Å². The third kappa shape index (κ3) is 4.30. The molecule has 2 aliphatic rings. The summed E-state index contributed by atoms with van der Waals surface area (Å²) < 4.78 is 7.68. The number of hydrogen-bond acceptors (Lipinski definition) is 5. The fourth-order valence-corrected chi connectivity index (χ4v) is 5.13. The van der Waals surface area contributed by atoms with Crippen LogP contribution in [0.15, 0.2) is 60.8 Å². The lowest BCUT2D eigenvalue weighted by molar-refractivity contribution is 0.121. The number of hydrogen-bond donors (Lipinski definition) is 0. The Labute approximate surface area is 184 Å². The molecule has 0 unspecified atom stereocenters. The number of rotatable bonds is 5. The Hall–Kier alpha value is -2.86. The van der Waals surface area contributed by atoms with Gasteiger partial charge in [-0.25, -0.2) is 4.68 Å². The molecule has 0 N–H and O–H groups in total. The summed E-state index contributed by atoms with van der Waals surface area (Å²) in [4.78, 5) is 5.15. The molecule has 1 aromatic heterocycles. The van der Waals surface area contributed by atoms with Gasteiger partial charge in [0.05, 0.1) is 25.0 Å². The molecular weight excluding hydrogens is 386 g/mol. The van der Waals surface area contributed by atoms with Gasteiger partial charge < -0.3 is 9.64 Å². The van der Waals surface area contributed by atoms with E-state index >= 15 is 0 Å². The van der Waals surface area contributed by atoms with Gasteiger partial charge in [-0.05, 0) is 37.8 Å². The highest BCUT2D eigenvalue weighted by Crippen LogP contribution is 2.33. The Balaban J connectivity index is 1.21. The van der Waals surface area contributed by atoms with Crippen molar-refractivity contribution in [2.24, 2.45) is 0 Å². The molecule has 1 saturated heterocycles. The molecule has 2 atom stereocenters. The number of para-hydroxylation sites is 2. The molecule has 2 aromatic carbocycles. The minimum absolute atomic E-state index is 0.441. The molecule has 0 radical (unpaired) electrons. The highest BCUT2D eigenvalue weighted by molar-refractivity contribution is 5.59. The number of benzene rings is 2. The van der Waals surface area contributed by atoms with Crippen LogP contribution < -0.4 is 9.64 Å². The lowest BCUT2D eigenvalue weighted by Crippen LogP contribution is -2.51. The molecule has 3 aromatic rings. The molecule has 31 heavy (non-hydrogen) atoms. The zero-order valence-corrected chi connectivity index (χ0v) is 18.2. The Morgan fingerprint density at radius 3 is 2.42 bits per heavy atom. The summed E-state index contributed by atoms with van der Waals surface area (Å²) in [5, 5.41) is 8.93. The second-order valence-electron chi connectivity index (χ2n) is 8.62. The first kappa shape index (κ1) is 20.1. The van der Waals surface area contributed by atoms with E-state index in [2.05, 4.69) is 73.5 Å². The van der Waals surface area contributed by atoms with Crippen LogP contribution in [0.4, 0.5) is 5.69 Å². The Kier molecular flexibility index (Phi) is 5.89. The molecule has 2 heterocycles. The van der Waals surface area contributed by atoms with E-state index in [1.807, 2.05) is 12.1 Å². The fraction of sp³-hybridized carbons (Fsp3) is 0.440. The monoisotopic (exact) mass is 417 g/mol. The predicted octanol–water partition coefficient (Wildman–Crippen LogP) is 4.26. The van der Waals surface area contributed by atoms with E-state index in [0.29, 0.717) is 12.1 Å². The first-order chi connectivity index (χ1) is 15.3. The largest absolute Gasteiger partial charge is 0.495 e. The maximum atomic E-state index is 5.57. The molecule has 0 amide bonds. The Morgan fingerprint density at radius 1 is 0.871 bits per heavy atom. The van der Waals surface area contributed by atoms with Gasteiger partial charge >= 0.3 is 0 Å². The van der Waals surface area contributed by atoms with Crippen LogP contribution in [0.25, 0.3) is 11.3 Å². The second kappa shape index (κ2) is 9.10. The zero-order valence-electron chi connectivity index (χ0n) is 18.2. The highest BCUT2D eigenvalue weighted by atomic mass is 16.5. The standard InChI is InChI=1S/C25H31N5O/c1-31-25-13-6-5-12-24(25)29-16-14-28(15-17-29)21-10-7-11-22(18-21)30-19-23(26-27-30)20-8-3-2-4-9-20/h2-6,8-9,12-13,19,21-22H,7,10-11,14-18H2,1H3/t21-,22-/m0/s1. The maximum absolute atomic E-state index is 5.57. The van der Waals surface area contributed by atoms with Gasteiger partial charge in [-0.15, -0.1) is 5.10 Å². The van der Waals surface area contributed by atoms with Crippen molar-refractivity contribution in [2.45, 2.75) is 37.8 Å². The number of nitrogens with zero attached hydrogens (tertiary/aromatic N) is 5. The van der Waals surface area contributed by atoms with Crippen LogP contribution in [0.5, 0.6) is 5.75 Å². The van der Waals surface area contributed by atoms with Gasteiger partial charge in [0.2, 0.25) is 0 Å². The van der Waals surface area contributed by atoms with Crippen LogP contribution in [0.3, 0.4) is 0 Å². The lowest BCUT2D eigenvalue weighted by atomic mass is 9.89. The summed E-state index contributed by atoms with van der Waals surface area (Å²) >= 11 is 0. The van der Waals surface area contributed by atoms with Crippen LogP contribution in [0.2, 0.25) is 0 Å². The number of ether oxygens (including phenoxy) is 1. The summed E-state index contributed by atoms with van der Waals surface area (Å²) in [6.07, 6.45) is 7.01. The molecule has 1 saturated carbocycles. The molecule has 6 nitrogen and oxygen atoms in total. The van der Waals surface area contributed by atoms with Gasteiger partial charge in [0.25, 0.3) is 0 Å². The minimum atomic E-state index is 0.441. The molecule has 0 spiro atoms. The Morgan fingerprint density at radius 2 is 1.61 bits per heavy atom.